The zero-order valence-corrected chi connectivity index (χ0v) is 10.8. The molecule has 0 aromatic heterocycles. The van der Waals surface area contributed by atoms with Crippen LogP contribution in [-0.2, 0) is 0 Å². The first-order chi connectivity index (χ1) is 8.56. The number of amides is 1. The molecule has 1 saturated carbocycles. The predicted molar refractivity (Wildman–Crippen MR) is 65.9 cm³/mol. The lowest BCUT2D eigenvalue weighted by atomic mass is 10.1. The minimum Gasteiger partial charge on any atom is -0.334 e. The Labute approximate surface area is 110 Å². The summed E-state index contributed by atoms with van der Waals surface area (Å²) in [4.78, 5) is 13.7. The highest BCUT2D eigenvalue weighted by Gasteiger charge is 2.35. The van der Waals surface area contributed by atoms with E-state index in [1.165, 1.54) is 17.9 Å². The maximum absolute atomic E-state index is 13.9. The standard InChI is InChI=1S/C13H14ClF2NO/c1-8-2-5-10(15)11(12(8)16)13(18)17(7-6-14)9-3-4-9/h2,5,9H,3-4,6-7H2,1H3. The van der Waals surface area contributed by atoms with E-state index in [9.17, 15) is 13.6 Å². The number of halogens is 3. The van der Waals surface area contributed by atoms with Crippen molar-refractivity contribution in [3.05, 3.63) is 34.9 Å². The van der Waals surface area contributed by atoms with E-state index in [-0.39, 0.29) is 17.5 Å². The summed E-state index contributed by atoms with van der Waals surface area (Å²) in [6.07, 6.45) is 1.75. The molecule has 0 aliphatic heterocycles. The van der Waals surface area contributed by atoms with Crippen LogP contribution in [0.25, 0.3) is 0 Å². The molecule has 0 heterocycles. The number of hydrogen-bond acceptors (Lipinski definition) is 1. The SMILES string of the molecule is Cc1ccc(F)c(C(=O)N(CCCl)C2CC2)c1F. The molecule has 1 aliphatic carbocycles. The summed E-state index contributed by atoms with van der Waals surface area (Å²) < 4.78 is 27.5. The van der Waals surface area contributed by atoms with Crippen molar-refractivity contribution in [2.45, 2.75) is 25.8 Å². The number of aryl methyl sites for hydroxylation is 1. The van der Waals surface area contributed by atoms with Gasteiger partial charge in [0, 0.05) is 18.5 Å². The Hall–Kier alpha value is -1.16. The number of carbonyl (C=O) groups excluding carboxylic acids is 1. The number of benzene rings is 1. The van der Waals surface area contributed by atoms with Crippen molar-refractivity contribution in [1.29, 1.82) is 0 Å². The fraction of sp³-hybridized carbons (Fsp3) is 0.462. The number of alkyl halides is 1. The molecule has 0 atom stereocenters. The predicted octanol–water partition coefficient (Wildman–Crippen LogP) is 3.12. The number of rotatable bonds is 4. The fourth-order valence-electron chi connectivity index (χ4n) is 1.92. The number of hydrogen-bond donors (Lipinski definition) is 0. The third-order valence-corrected chi connectivity index (χ3v) is 3.24. The van der Waals surface area contributed by atoms with E-state index in [0.29, 0.717) is 6.54 Å². The summed E-state index contributed by atoms with van der Waals surface area (Å²) in [5.74, 6) is -1.93. The van der Waals surface area contributed by atoms with Crippen molar-refractivity contribution in [1.82, 2.24) is 4.90 Å². The molecule has 5 heteroatoms. The third kappa shape index (κ3) is 2.48. The number of carbonyl (C=O) groups is 1. The van der Waals surface area contributed by atoms with Gasteiger partial charge in [0.1, 0.15) is 17.2 Å². The van der Waals surface area contributed by atoms with Crippen LogP contribution in [0.5, 0.6) is 0 Å². The van der Waals surface area contributed by atoms with Crippen molar-refractivity contribution >= 4 is 17.5 Å². The Kier molecular flexibility index (Phi) is 3.85. The van der Waals surface area contributed by atoms with Crippen LogP contribution in [0.1, 0.15) is 28.8 Å². The van der Waals surface area contributed by atoms with Crippen molar-refractivity contribution in [3.8, 4) is 0 Å². The summed E-state index contributed by atoms with van der Waals surface area (Å²) in [6, 6.07) is 2.53. The van der Waals surface area contributed by atoms with E-state index in [4.69, 9.17) is 11.6 Å². The van der Waals surface area contributed by atoms with E-state index in [2.05, 4.69) is 0 Å². The third-order valence-electron chi connectivity index (χ3n) is 3.07. The Bertz CT molecular complexity index is 474. The summed E-state index contributed by atoms with van der Waals surface area (Å²) in [6.45, 7) is 1.83. The quantitative estimate of drug-likeness (QED) is 0.772. The Morgan fingerprint density at radius 1 is 1.44 bits per heavy atom. The molecular weight excluding hydrogens is 260 g/mol. The van der Waals surface area contributed by atoms with Crippen molar-refractivity contribution in [2.75, 3.05) is 12.4 Å². The second kappa shape index (κ2) is 5.22. The van der Waals surface area contributed by atoms with Crippen LogP contribution in [0.3, 0.4) is 0 Å². The van der Waals surface area contributed by atoms with E-state index < -0.39 is 23.1 Å². The summed E-state index contributed by atoms with van der Waals surface area (Å²) >= 11 is 5.63. The molecule has 18 heavy (non-hydrogen) atoms. The van der Waals surface area contributed by atoms with Crippen LogP contribution in [0, 0.1) is 18.6 Å². The van der Waals surface area contributed by atoms with Crippen LogP contribution in [0.15, 0.2) is 12.1 Å². The minimum absolute atomic E-state index is 0.0792. The lowest BCUT2D eigenvalue weighted by Crippen LogP contribution is -2.36. The first-order valence-electron chi connectivity index (χ1n) is 5.87. The molecule has 1 aromatic rings. The minimum atomic E-state index is -0.816. The molecule has 1 amide bonds. The van der Waals surface area contributed by atoms with Gasteiger partial charge >= 0.3 is 0 Å². The zero-order valence-electron chi connectivity index (χ0n) is 10.0. The molecule has 0 bridgehead atoms. The first kappa shape index (κ1) is 13.3. The van der Waals surface area contributed by atoms with Gasteiger partial charge in [0.15, 0.2) is 0 Å². The highest BCUT2D eigenvalue weighted by molar-refractivity contribution is 6.18. The van der Waals surface area contributed by atoms with E-state index >= 15 is 0 Å². The lowest BCUT2D eigenvalue weighted by Gasteiger charge is -2.22. The first-order valence-corrected chi connectivity index (χ1v) is 6.41. The normalized spacial score (nSPS) is 14.7. The Morgan fingerprint density at radius 2 is 2.11 bits per heavy atom. The maximum atomic E-state index is 13.9. The number of nitrogens with zero attached hydrogens (tertiary/aromatic N) is 1. The van der Waals surface area contributed by atoms with Gasteiger partial charge < -0.3 is 4.90 Å². The molecule has 0 radical (unpaired) electrons. The lowest BCUT2D eigenvalue weighted by molar-refractivity contribution is 0.0743. The van der Waals surface area contributed by atoms with Crippen LogP contribution in [0.2, 0.25) is 0 Å². The van der Waals surface area contributed by atoms with E-state index in [1.807, 2.05) is 0 Å². The summed E-state index contributed by atoms with van der Waals surface area (Å²) in [5, 5.41) is 0. The highest BCUT2D eigenvalue weighted by Crippen LogP contribution is 2.29. The maximum Gasteiger partial charge on any atom is 0.260 e. The second-order valence-corrected chi connectivity index (χ2v) is 4.85. The monoisotopic (exact) mass is 273 g/mol. The fourth-order valence-corrected chi connectivity index (χ4v) is 2.11. The van der Waals surface area contributed by atoms with Gasteiger partial charge in [0.25, 0.3) is 5.91 Å². The molecule has 2 nitrogen and oxygen atoms in total. The van der Waals surface area contributed by atoms with Crippen LogP contribution in [0.4, 0.5) is 8.78 Å². The Balaban J connectivity index is 2.34. The van der Waals surface area contributed by atoms with Crippen LogP contribution in [-0.4, -0.2) is 29.3 Å². The molecule has 0 spiro atoms. The molecule has 0 N–H and O–H groups in total. The summed E-state index contributed by atoms with van der Waals surface area (Å²) in [5.41, 5.74) is -0.201. The van der Waals surface area contributed by atoms with Crippen LogP contribution >= 0.6 is 11.6 Å². The topological polar surface area (TPSA) is 20.3 Å². The molecule has 0 saturated heterocycles. The average molecular weight is 274 g/mol. The van der Waals surface area contributed by atoms with Gasteiger partial charge in [-0.25, -0.2) is 8.78 Å². The largest absolute Gasteiger partial charge is 0.334 e. The van der Waals surface area contributed by atoms with Crippen molar-refractivity contribution in [2.24, 2.45) is 0 Å². The average Bonchev–Trinajstić information content (AvgIpc) is 3.15. The molecule has 0 unspecified atom stereocenters. The molecule has 1 fully saturated rings. The van der Waals surface area contributed by atoms with Gasteiger partial charge in [-0.15, -0.1) is 11.6 Å². The van der Waals surface area contributed by atoms with Gasteiger partial charge in [0.05, 0.1) is 0 Å². The van der Waals surface area contributed by atoms with Crippen molar-refractivity contribution in [3.63, 3.8) is 0 Å². The zero-order chi connectivity index (χ0) is 13.3. The summed E-state index contributed by atoms with van der Waals surface area (Å²) in [7, 11) is 0. The second-order valence-electron chi connectivity index (χ2n) is 4.47. The van der Waals surface area contributed by atoms with Gasteiger partial charge in [0.2, 0.25) is 0 Å². The van der Waals surface area contributed by atoms with Gasteiger partial charge in [-0.2, -0.15) is 0 Å². The molecule has 2 rings (SSSR count). The van der Waals surface area contributed by atoms with E-state index in [1.54, 1.807) is 0 Å². The molecule has 1 aliphatic rings. The smallest absolute Gasteiger partial charge is 0.260 e. The highest BCUT2D eigenvalue weighted by atomic mass is 35.5. The molecule has 1 aromatic carbocycles. The van der Waals surface area contributed by atoms with Gasteiger partial charge in [-0.05, 0) is 31.4 Å². The van der Waals surface area contributed by atoms with E-state index in [0.717, 1.165) is 18.9 Å². The van der Waals surface area contributed by atoms with Gasteiger partial charge in [-0.3, -0.25) is 4.79 Å². The van der Waals surface area contributed by atoms with Gasteiger partial charge in [-0.1, -0.05) is 6.07 Å². The Morgan fingerprint density at radius 3 is 2.67 bits per heavy atom. The van der Waals surface area contributed by atoms with Crippen molar-refractivity contribution < 1.29 is 13.6 Å². The molecular formula is C13H14ClF2NO. The van der Waals surface area contributed by atoms with Crippen LogP contribution < -0.4 is 0 Å². The molecule has 98 valence electrons.